The Morgan fingerprint density at radius 2 is 0.705 bits per heavy atom. The summed E-state index contributed by atoms with van der Waals surface area (Å²) in [5.41, 5.74) is 23.8. The Balaban J connectivity index is 0.000000187. The van der Waals surface area contributed by atoms with Crippen LogP contribution in [0.1, 0.15) is 217 Å². The van der Waals surface area contributed by atoms with E-state index in [0.29, 0.717) is 46.9 Å². The topological polar surface area (TPSA) is 125 Å². The molecule has 11 aromatic rings. The zero-order chi connectivity index (χ0) is 75.6. The molecule has 0 amide bonds. The van der Waals surface area contributed by atoms with Gasteiger partial charge in [-0.05, 0) is 186 Å². The summed E-state index contributed by atoms with van der Waals surface area (Å²) < 4.78 is 13.2. The molecule has 0 bridgehead atoms. The Bertz CT molecular complexity index is 4570. The highest BCUT2D eigenvalue weighted by atomic mass is 19.1. The van der Waals surface area contributed by atoms with Gasteiger partial charge in [0.05, 0.1) is 81.1 Å². The summed E-state index contributed by atoms with van der Waals surface area (Å²) in [6.45, 7) is 37.1. The van der Waals surface area contributed by atoms with Crippen LogP contribution in [0.3, 0.4) is 0 Å². The molecule has 10 nitrogen and oxygen atoms in total. The first-order chi connectivity index (χ1) is 50.6. The Kier molecular flexibility index (Phi) is 32.8. The van der Waals surface area contributed by atoms with Gasteiger partial charge in [0.1, 0.15) is 5.82 Å². The maximum Gasteiger partial charge on any atom is 0.148 e. The summed E-state index contributed by atoms with van der Waals surface area (Å²) in [4.78, 5) is 45.2. The maximum absolute atomic E-state index is 13.2. The fourth-order valence-corrected chi connectivity index (χ4v) is 11.3. The van der Waals surface area contributed by atoms with Crippen LogP contribution in [0.5, 0.6) is 0 Å². The van der Waals surface area contributed by atoms with Crippen molar-refractivity contribution in [2.45, 2.75) is 159 Å². The minimum absolute atomic E-state index is 0.0110. The smallest absolute Gasteiger partial charge is 0.148 e. The fraction of sp³-hybridized carbons (Fsp3) is 0.255. The summed E-state index contributed by atoms with van der Waals surface area (Å²) in [6.07, 6.45) is 14.0. The van der Waals surface area contributed by atoms with Crippen molar-refractivity contribution < 1.29 is 4.39 Å². The molecule has 0 spiro atoms. The fourth-order valence-electron chi connectivity index (χ4n) is 11.3. The molecule has 0 aliphatic heterocycles. The Morgan fingerprint density at radius 1 is 0.333 bits per heavy atom. The van der Waals surface area contributed by atoms with Gasteiger partial charge in [-0.25, -0.2) is 4.39 Å². The van der Waals surface area contributed by atoms with Gasteiger partial charge in [0.15, 0.2) is 0 Å². The van der Waals surface area contributed by atoms with E-state index in [4.69, 9.17) is 25.0 Å². The van der Waals surface area contributed by atoms with Crippen molar-refractivity contribution in [2.75, 3.05) is 0 Å². The van der Waals surface area contributed by atoms with Crippen LogP contribution < -0.4 is 0 Å². The third-order valence-corrected chi connectivity index (χ3v) is 17.2. The normalized spacial score (nSPS) is 12.1. The Morgan fingerprint density at radius 3 is 1.17 bits per heavy atom. The van der Waals surface area contributed by atoms with Crippen molar-refractivity contribution in [1.29, 1.82) is 0 Å². The SMILES string of the molecule is C(=Nc1ccccc1)c1ccccn1.CC(=Nc1c(C)cccc1C(C)C)C(C)=Nc1c(C(C)C)cccc1C(C)C.Cc1cccc(C(C)C)c1N=CC=Nc1c(C(C)C)cccc1C(C)C.Cc1cccc(C(N=Cc2ccccn2)c2ccccc2)c1.Fc1ccccc1N=Cc1ccccn1. The van der Waals surface area contributed by atoms with E-state index in [-0.39, 0.29) is 11.9 Å². The molecule has 0 aliphatic carbocycles. The van der Waals surface area contributed by atoms with E-state index >= 15 is 0 Å². The van der Waals surface area contributed by atoms with Crippen molar-refractivity contribution in [3.8, 4) is 0 Å². The molecule has 538 valence electrons. The van der Waals surface area contributed by atoms with Crippen LogP contribution in [-0.2, 0) is 0 Å². The largest absolute Gasteiger partial charge is 0.278 e. The Labute approximate surface area is 625 Å². The lowest BCUT2D eigenvalue weighted by Crippen LogP contribution is -2.07. The van der Waals surface area contributed by atoms with E-state index in [0.717, 1.165) is 51.2 Å². The average molecular weight is 1390 g/mol. The first kappa shape index (κ1) is 81.1. The molecule has 11 heteroatoms. The predicted molar refractivity (Wildman–Crippen MR) is 449 cm³/mol. The van der Waals surface area contributed by atoms with Gasteiger partial charge in [0.25, 0.3) is 0 Å². The van der Waals surface area contributed by atoms with Crippen LogP contribution in [0, 0.1) is 26.6 Å². The zero-order valence-electron chi connectivity index (χ0n) is 64.5. The van der Waals surface area contributed by atoms with E-state index in [2.05, 4.69) is 264 Å². The second kappa shape index (κ2) is 42.4. The van der Waals surface area contributed by atoms with Gasteiger partial charge >= 0.3 is 0 Å². The molecule has 1 unspecified atom stereocenters. The van der Waals surface area contributed by atoms with Gasteiger partial charge in [-0.3, -0.25) is 49.9 Å². The first-order valence-corrected chi connectivity index (χ1v) is 36.5. The summed E-state index contributed by atoms with van der Waals surface area (Å²) in [7, 11) is 0. The number of hydrogen-bond donors (Lipinski definition) is 0. The lowest BCUT2D eigenvalue weighted by atomic mass is 9.93. The standard InChI is InChI=1S/C26H36N2.C24H32N2.C20H18N2.C12H9FN2.C12H10N2/c1-16(2)22-13-10-12-19(7)25(22)27-20(8)21(9)28-26-23(17(3)4)14-11-15-24(26)18(5)6;1-16(2)20-11-8-10-19(7)23(20)25-14-15-26-24-21(17(3)4)12-9-13-22(24)18(5)6;1-16-8-7-11-18(14-16)20(17-9-3-2-4-10-17)22-15-19-12-5-6-13-21-19;13-11-6-1-2-7-12(11)15-9-10-5-3-4-8-14-10;1-2-6-11(7-3-1)14-10-12-8-4-5-9-13-12/h10-18H,1-9H3;8-18H,1-7H3;2-15,20H,1H3;1-9H;1-10H. The van der Waals surface area contributed by atoms with E-state index in [1.54, 1.807) is 49.2 Å². The molecule has 3 aromatic heterocycles. The number of benzene rings is 8. The first-order valence-electron chi connectivity index (χ1n) is 36.5. The molecular formula is C94H105FN10. The highest BCUT2D eigenvalue weighted by Gasteiger charge is 2.17. The number of pyridine rings is 3. The quantitative estimate of drug-likeness (QED) is 0.0706. The third-order valence-electron chi connectivity index (χ3n) is 17.2. The second-order valence-electron chi connectivity index (χ2n) is 27.5. The molecule has 0 radical (unpaired) electrons. The lowest BCUT2D eigenvalue weighted by Gasteiger charge is -2.17. The molecule has 0 N–H and O–H groups in total. The average Bonchev–Trinajstić information content (AvgIpc) is 0.823. The van der Waals surface area contributed by atoms with Gasteiger partial charge in [-0.2, -0.15) is 0 Å². The molecule has 0 fully saturated rings. The number of hydrogen-bond acceptors (Lipinski definition) is 10. The van der Waals surface area contributed by atoms with Crippen LogP contribution in [0.2, 0.25) is 0 Å². The van der Waals surface area contributed by atoms with Crippen LogP contribution >= 0.6 is 0 Å². The molecule has 1 atom stereocenters. The summed E-state index contributed by atoms with van der Waals surface area (Å²) >= 11 is 0. The minimum atomic E-state index is -0.329. The van der Waals surface area contributed by atoms with Gasteiger partial charge in [-0.1, -0.05) is 265 Å². The molecule has 8 aromatic carbocycles. The minimum Gasteiger partial charge on any atom is -0.278 e. The lowest BCUT2D eigenvalue weighted by molar-refractivity contribution is 0.630. The number of para-hydroxylation sites is 6. The molecule has 0 saturated carbocycles. The number of rotatable bonds is 20. The number of halogens is 1. The molecular weight excluding hydrogens is 1290 g/mol. The monoisotopic (exact) mass is 1390 g/mol. The van der Waals surface area contributed by atoms with Crippen LogP contribution in [0.15, 0.2) is 290 Å². The predicted octanol–water partition coefficient (Wildman–Crippen LogP) is 26.1. The number of aromatic nitrogens is 3. The molecule has 11 rings (SSSR count). The van der Waals surface area contributed by atoms with Crippen LogP contribution in [0.4, 0.5) is 38.5 Å². The maximum atomic E-state index is 13.2. The van der Waals surface area contributed by atoms with E-state index in [1.807, 2.05) is 110 Å². The van der Waals surface area contributed by atoms with Crippen molar-refractivity contribution >= 4 is 76.6 Å². The van der Waals surface area contributed by atoms with E-state index in [9.17, 15) is 4.39 Å². The van der Waals surface area contributed by atoms with Crippen LogP contribution in [0.25, 0.3) is 0 Å². The summed E-state index contributed by atoms with van der Waals surface area (Å²) in [6, 6.07) is 78.0. The van der Waals surface area contributed by atoms with Crippen molar-refractivity contribution in [2.24, 2.45) is 34.9 Å². The summed E-state index contributed by atoms with van der Waals surface area (Å²) in [5, 5.41) is 0. The molecule has 0 saturated heterocycles. The van der Waals surface area contributed by atoms with E-state index in [1.165, 1.54) is 67.3 Å². The second-order valence-corrected chi connectivity index (χ2v) is 27.5. The summed E-state index contributed by atoms with van der Waals surface area (Å²) in [5.74, 6) is 2.33. The van der Waals surface area contributed by atoms with Gasteiger partial charge in [0, 0.05) is 37.2 Å². The molecule has 105 heavy (non-hydrogen) atoms. The highest BCUT2D eigenvalue weighted by molar-refractivity contribution is 6.41. The van der Waals surface area contributed by atoms with Crippen molar-refractivity contribution in [3.63, 3.8) is 0 Å². The number of aliphatic imine (C=N–C) groups is 7. The third kappa shape index (κ3) is 25.9. The highest BCUT2D eigenvalue weighted by Crippen LogP contribution is 2.38. The van der Waals surface area contributed by atoms with Gasteiger partial charge < -0.3 is 0 Å². The molecule has 0 aliphatic rings. The van der Waals surface area contributed by atoms with Crippen molar-refractivity contribution in [3.05, 3.63) is 339 Å². The van der Waals surface area contributed by atoms with Gasteiger partial charge in [0.2, 0.25) is 0 Å². The van der Waals surface area contributed by atoms with E-state index < -0.39 is 0 Å². The zero-order valence-corrected chi connectivity index (χ0v) is 64.5. The Hall–Kier alpha value is -11.2. The molecule has 3 heterocycles. The number of nitrogens with zero attached hydrogens (tertiary/aromatic N) is 10. The van der Waals surface area contributed by atoms with Gasteiger partial charge in [-0.15, -0.1) is 0 Å². The van der Waals surface area contributed by atoms with Crippen LogP contribution in [-0.4, -0.2) is 57.4 Å². The van der Waals surface area contributed by atoms with Crippen molar-refractivity contribution in [1.82, 2.24) is 15.0 Å². The number of aryl methyl sites for hydroxylation is 3.